The molecular weight excluding hydrogens is 286 g/mol. The standard InChI is InChI=1S/C16H17NO5/c1-2-20-15(19)12-11-5-6-16(22-11)9-17(14(18)13(12)16)8-10-4-3-7-21-10/h3-7,11-13H,2,8-9H2,1H3/t11-,12-,13-,16+/m1/s1. The minimum Gasteiger partial charge on any atom is -0.467 e. The van der Waals surface area contributed by atoms with Crippen molar-refractivity contribution < 1.29 is 23.5 Å². The zero-order valence-electron chi connectivity index (χ0n) is 12.2. The Balaban J connectivity index is 1.61. The van der Waals surface area contributed by atoms with Crippen molar-refractivity contribution in [3.05, 3.63) is 36.3 Å². The van der Waals surface area contributed by atoms with Gasteiger partial charge in [0.1, 0.15) is 17.3 Å². The number of ether oxygens (including phenoxy) is 2. The molecule has 2 bridgehead atoms. The first-order valence-electron chi connectivity index (χ1n) is 7.49. The molecule has 1 aromatic heterocycles. The van der Waals surface area contributed by atoms with E-state index in [-0.39, 0.29) is 18.0 Å². The van der Waals surface area contributed by atoms with Crippen molar-refractivity contribution in [2.24, 2.45) is 11.8 Å². The van der Waals surface area contributed by atoms with Crippen LogP contribution in [0, 0.1) is 11.8 Å². The number of amides is 1. The molecule has 0 unspecified atom stereocenters. The molecule has 0 radical (unpaired) electrons. The molecule has 6 nitrogen and oxygen atoms in total. The molecule has 116 valence electrons. The Morgan fingerprint density at radius 3 is 3.14 bits per heavy atom. The Labute approximate surface area is 127 Å². The first-order chi connectivity index (χ1) is 10.6. The largest absolute Gasteiger partial charge is 0.467 e. The zero-order chi connectivity index (χ0) is 15.3. The van der Waals surface area contributed by atoms with Gasteiger partial charge < -0.3 is 18.8 Å². The van der Waals surface area contributed by atoms with Gasteiger partial charge in [-0.15, -0.1) is 0 Å². The van der Waals surface area contributed by atoms with Crippen LogP contribution in [0.3, 0.4) is 0 Å². The number of furan rings is 1. The topological polar surface area (TPSA) is 69.0 Å². The van der Waals surface area contributed by atoms with Crippen LogP contribution >= 0.6 is 0 Å². The number of rotatable bonds is 4. The number of fused-ring (bicyclic) bond motifs is 1. The maximum absolute atomic E-state index is 12.8. The van der Waals surface area contributed by atoms with Gasteiger partial charge in [-0.3, -0.25) is 9.59 Å². The zero-order valence-corrected chi connectivity index (χ0v) is 12.2. The van der Waals surface area contributed by atoms with E-state index in [0.717, 1.165) is 5.76 Å². The molecular formula is C16H17NO5. The second kappa shape index (κ2) is 4.71. The monoisotopic (exact) mass is 303 g/mol. The molecule has 6 heteroatoms. The molecule has 3 aliphatic heterocycles. The highest BCUT2D eigenvalue weighted by atomic mass is 16.6. The summed E-state index contributed by atoms with van der Waals surface area (Å²) in [4.78, 5) is 26.7. The molecule has 4 atom stereocenters. The smallest absolute Gasteiger partial charge is 0.312 e. The van der Waals surface area contributed by atoms with Gasteiger partial charge >= 0.3 is 5.97 Å². The van der Waals surface area contributed by atoms with Crippen molar-refractivity contribution in [2.45, 2.75) is 25.2 Å². The fourth-order valence-corrected chi connectivity index (χ4v) is 3.81. The van der Waals surface area contributed by atoms with E-state index in [1.807, 2.05) is 18.2 Å². The van der Waals surface area contributed by atoms with Crippen LogP contribution in [0.25, 0.3) is 0 Å². The second-order valence-electron chi connectivity index (χ2n) is 5.93. The fourth-order valence-electron chi connectivity index (χ4n) is 3.81. The van der Waals surface area contributed by atoms with Crippen LogP contribution in [-0.2, 0) is 25.6 Å². The summed E-state index contributed by atoms with van der Waals surface area (Å²) in [7, 11) is 0. The van der Waals surface area contributed by atoms with E-state index < -0.39 is 17.4 Å². The summed E-state index contributed by atoms with van der Waals surface area (Å²) >= 11 is 0. The number of likely N-dealkylation sites (tertiary alicyclic amines) is 1. The lowest BCUT2D eigenvalue weighted by atomic mass is 9.77. The maximum Gasteiger partial charge on any atom is 0.312 e. The number of carbonyl (C=O) groups is 2. The predicted molar refractivity (Wildman–Crippen MR) is 74.5 cm³/mol. The van der Waals surface area contributed by atoms with E-state index in [1.165, 1.54) is 0 Å². The lowest BCUT2D eigenvalue weighted by Gasteiger charge is -2.22. The summed E-state index contributed by atoms with van der Waals surface area (Å²) in [6.07, 6.45) is 5.04. The summed E-state index contributed by atoms with van der Waals surface area (Å²) in [6, 6.07) is 3.62. The molecule has 4 rings (SSSR count). The van der Waals surface area contributed by atoms with Gasteiger partial charge in [0.05, 0.1) is 38.0 Å². The number of esters is 1. The van der Waals surface area contributed by atoms with E-state index in [1.54, 1.807) is 24.2 Å². The van der Waals surface area contributed by atoms with Gasteiger partial charge in [0.15, 0.2) is 0 Å². The van der Waals surface area contributed by atoms with Crippen LogP contribution in [0.4, 0.5) is 0 Å². The van der Waals surface area contributed by atoms with Crippen molar-refractivity contribution in [1.82, 2.24) is 4.90 Å². The van der Waals surface area contributed by atoms with Gasteiger partial charge in [-0.1, -0.05) is 12.2 Å². The molecule has 2 fully saturated rings. The van der Waals surface area contributed by atoms with E-state index in [2.05, 4.69) is 0 Å². The van der Waals surface area contributed by atoms with Gasteiger partial charge in [0.25, 0.3) is 0 Å². The fraction of sp³-hybridized carbons (Fsp3) is 0.500. The van der Waals surface area contributed by atoms with E-state index in [9.17, 15) is 9.59 Å². The summed E-state index contributed by atoms with van der Waals surface area (Å²) in [5.74, 6) is -0.732. The number of carbonyl (C=O) groups excluding carboxylic acids is 2. The number of nitrogens with zero attached hydrogens (tertiary/aromatic N) is 1. The van der Waals surface area contributed by atoms with Gasteiger partial charge in [0.2, 0.25) is 5.91 Å². The molecule has 2 saturated heterocycles. The van der Waals surface area contributed by atoms with Crippen LogP contribution < -0.4 is 0 Å². The average molecular weight is 303 g/mol. The highest BCUT2D eigenvalue weighted by Gasteiger charge is 2.67. The van der Waals surface area contributed by atoms with Crippen LogP contribution in [0.5, 0.6) is 0 Å². The van der Waals surface area contributed by atoms with Crippen LogP contribution in [0.1, 0.15) is 12.7 Å². The highest BCUT2D eigenvalue weighted by Crippen LogP contribution is 2.52. The summed E-state index contributed by atoms with van der Waals surface area (Å²) in [5.41, 5.74) is -0.689. The highest BCUT2D eigenvalue weighted by molar-refractivity contribution is 5.91. The molecule has 0 aliphatic carbocycles. The Kier molecular flexibility index (Phi) is 2.91. The van der Waals surface area contributed by atoms with Gasteiger partial charge in [-0.25, -0.2) is 0 Å². The summed E-state index contributed by atoms with van der Waals surface area (Å²) in [6.45, 7) is 2.90. The lowest BCUT2D eigenvalue weighted by Crippen LogP contribution is -2.39. The van der Waals surface area contributed by atoms with Gasteiger partial charge in [-0.05, 0) is 19.1 Å². The summed E-state index contributed by atoms with van der Waals surface area (Å²) in [5, 5.41) is 0. The molecule has 1 amide bonds. The van der Waals surface area contributed by atoms with Crippen molar-refractivity contribution in [2.75, 3.05) is 13.2 Å². The van der Waals surface area contributed by atoms with E-state index in [4.69, 9.17) is 13.9 Å². The number of hydrogen-bond donors (Lipinski definition) is 0. The average Bonchev–Trinajstić information content (AvgIpc) is 3.23. The normalized spacial score (nSPS) is 35.2. The molecule has 0 saturated carbocycles. The quantitative estimate of drug-likeness (QED) is 0.616. The predicted octanol–water partition coefficient (Wildman–Crippen LogP) is 1.12. The maximum atomic E-state index is 12.8. The third-order valence-corrected chi connectivity index (χ3v) is 4.66. The van der Waals surface area contributed by atoms with Crippen molar-refractivity contribution in [3.8, 4) is 0 Å². The minimum absolute atomic E-state index is 0.0682. The molecule has 0 N–H and O–H groups in total. The van der Waals surface area contributed by atoms with Crippen LogP contribution in [0.2, 0.25) is 0 Å². The van der Waals surface area contributed by atoms with Crippen molar-refractivity contribution in [1.29, 1.82) is 0 Å². The summed E-state index contributed by atoms with van der Waals surface area (Å²) < 4.78 is 16.4. The molecule has 22 heavy (non-hydrogen) atoms. The van der Waals surface area contributed by atoms with Gasteiger partial charge in [-0.2, -0.15) is 0 Å². The minimum atomic E-state index is -0.689. The van der Waals surface area contributed by atoms with Crippen molar-refractivity contribution >= 4 is 11.9 Å². The lowest BCUT2D eigenvalue weighted by molar-refractivity contribution is -0.153. The third-order valence-electron chi connectivity index (χ3n) is 4.66. The first-order valence-corrected chi connectivity index (χ1v) is 7.49. The Morgan fingerprint density at radius 1 is 1.55 bits per heavy atom. The Hall–Kier alpha value is -2.08. The molecule has 0 aromatic carbocycles. The molecule has 4 heterocycles. The molecule has 3 aliphatic rings. The van der Waals surface area contributed by atoms with Crippen molar-refractivity contribution in [3.63, 3.8) is 0 Å². The molecule has 1 aromatic rings. The number of hydrogen-bond acceptors (Lipinski definition) is 5. The van der Waals surface area contributed by atoms with E-state index in [0.29, 0.717) is 19.7 Å². The molecule has 1 spiro atoms. The van der Waals surface area contributed by atoms with E-state index >= 15 is 0 Å². The first kappa shape index (κ1) is 13.6. The van der Waals surface area contributed by atoms with Crippen LogP contribution in [0.15, 0.2) is 35.0 Å². The Morgan fingerprint density at radius 2 is 2.41 bits per heavy atom. The SMILES string of the molecule is CCOC(=O)[C@@H]1[C@H]2C=C[C@@]3(CN(Cc4ccco4)C(=O)[C@@H]13)O2. The Bertz CT molecular complexity index is 637. The van der Waals surface area contributed by atoms with Gasteiger partial charge in [0, 0.05) is 0 Å². The van der Waals surface area contributed by atoms with Crippen LogP contribution in [-0.4, -0.2) is 41.6 Å². The second-order valence-corrected chi connectivity index (χ2v) is 5.93. The third kappa shape index (κ3) is 1.76.